The van der Waals surface area contributed by atoms with Crippen LogP contribution >= 0.6 is 11.6 Å². The fourth-order valence-electron chi connectivity index (χ4n) is 2.49. The van der Waals surface area contributed by atoms with Crippen LogP contribution in [0.5, 0.6) is 11.5 Å². The first-order chi connectivity index (χ1) is 13.2. The van der Waals surface area contributed by atoms with Crippen molar-refractivity contribution in [1.82, 2.24) is 0 Å². The number of halogens is 3. The van der Waals surface area contributed by atoms with Gasteiger partial charge in [-0.1, -0.05) is 29.3 Å². The number of benzene rings is 2. The highest BCUT2D eigenvalue weighted by atomic mass is 35.5. The number of nitrogens with one attached hydrogen (secondary N) is 1. The van der Waals surface area contributed by atoms with Crippen molar-refractivity contribution in [3.63, 3.8) is 0 Å². The van der Waals surface area contributed by atoms with Crippen molar-refractivity contribution in [3.05, 3.63) is 57.6 Å². The van der Waals surface area contributed by atoms with Gasteiger partial charge in [0.25, 0.3) is 5.91 Å². The quantitative estimate of drug-likeness (QED) is 0.534. The first kappa shape index (κ1) is 21.2. The summed E-state index contributed by atoms with van der Waals surface area (Å²) in [4.78, 5) is 12.4. The van der Waals surface area contributed by atoms with Crippen LogP contribution in [-0.4, -0.2) is 19.6 Å². The average molecular weight is 407 g/mol. The normalized spacial score (nSPS) is 11.1. The molecule has 0 heterocycles. The minimum Gasteiger partial charge on any atom is -0.493 e. The number of amides is 1. The molecule has 0 aromatic heterocycles. The molecule has 8 heteroatoms. The van der Waals surface area contributed by atoms with Crippen molar-refractivity contribution in [3.8, 4) is 17.6 Å². The first-order valence-corrected chi connectivity index (χ1v) is 8.45. The lowest BCUT2D eigenvalue weighted by Crippen LogP contribution is -2.14. The van der Waals surface area contributed by atoms with Crippen molar-refractivity contribution in [2.24, 2.45) is 0 Å². The van der Waals surface area contributed by atoms with E-state index in [0.29, 0.717) is 11.3 Å². The molecule has 0 radical (unpaired) electrons. The molecule has 0 atom stereocenters. The summed E-state index contributed by atoms with van der Waals surface area (Å²) in [5.74, 6) is -0.988. The second-order valence-electron chi connectivity index (χ2n) is 5.85. The van der Waals surface area contributed by atoms with Crippen LogP contribution in [0.15, 0.2) is 35.9 Å². The zero-order valence-corrected chi connectivity index (χ0v) is 16.1. The van der Waals surface area contributed by atoms with E-state index in [-0.39, 0.29) is 22.1 Å². The zero-order valence-electron chi connectivity index (χ0n) is 15.3. The molecule has 5 nitrogen and oxygen atoms in total. The van der Waals surface area contributed by atoms with E-state index in [9.17, 15) is 18.8 Å². The number of nitrogens with zero attached hydrogens (tertiary/aromatic N) is 1. The van der Waals surface area contributed by atoms with Gasteiger partial charge in [0.15, 0.2) is 11.5 Å². The third-order valence-corrected chi connectivity index (χ3v) is 4.05. The summed E-state index contributed by atoms with van der Waals surface area (Å²) in [5, 5.41) is 11.9. The molecule has 2 rings (SSSR count). The van der Waals surface area contributed by atoms with Crippen LogP contribution < -0.4 is 14.8 Å². The number of nitriles is 1. The molecule has 0 bridgehead atoms. The maximum atomic E-state index is 12.5. The largest absolute Gasteiger partial charge is 0.493 e. The van der Waals surface area contributed by atoms with Gasteiger partial charge in [-0.25, -0.2) is 0 Å². The number of methoxy groups -OCH3 is 1. The van der Waals surface area contributed by atoms with Gasteiger partial charge in [-0.2, -0.15) is 14.0 Å². The van der Waals surface area contributed by atoms with Crippen LogP contribution in [-0.2, 0) is 4.79 Å². The molecule has 0 unspecified atom stereocenters. The smallest absolute Gasteiger partial charge is 0.387 e. The Hall–Kier alpha value is -3.11. The first-order valence-electron chi connectivity index (χ1n) is 8.08. The predicted molar refractivity (Wildman–Crippen MR) is 103 cm³/mol. The molecule has 0 spiro atoms. The van der Waals surface area contributed by atoms with E-state index < -0.39 is 12.5 Å². The lowest BCUT2D eigenvalue weighted by molar-refractivity contribution is -0.112. The van der Waals surface area contributed by atoms with E-state index in [1.807, 2.05) is 32.0 Å². The van der Waals surface area contributed by atoms with E-state index >= 15 is 0 Å². The summed E-state index contributed by atoms with van der Waals surface area (Å²) in [6.45, 7) is 0.689. The summed E-state index contributed by atoms with van der Waals surface area (Å²) >= 11 is 5.98. The minimum absolute atomic E-state index is 0.0499. The van der Waals surface area contributed by atoms with E-state index in [0.717, 1.165) is 11.1 Å². The molecule has 0 aliphatic carbocycles. The van der Waals surface area contributed by atoms with Gasteiger partial charge in [0.2, 0.25) is 0 Å². The van der Waals surface area contributed by atoms with E-state index in [1.165, 1.54) is 25.3 Å². The highest BCUT2D eigenvalue weighted by Gasteiger charge is 2.17. The Morgan fingerprint density at radius 2 is 2.00 bits per heavy atom. The number of hydrogen-bond donors (Lipinski definition) is 1. The van der Waals surface area contributed by atoms with Crippen LogP contribution in [0, 0.1) is 25.2 Å². The molecule has 146 valence electrons. The topological polar surface area (TPSA) is 71.3 Å². The highest BCUT2D eigenvalue weighted by molar-refractivity contribution is 6.32. The standard InChI is InChI=1S/C20H17ClF2N2O3/c1-11-4-5-16(12(2)6-11)25-19(26)14(10-24)7-13-8-15(21)18(28-20(22)23)17(9-13)27-3/h4-9,20H,1-3H3,(H,25,26)/b14-7+. The molecule has 0 saturated heterocycles. The Kier molecular flexibility index (Phi) is 6.96. The lowest BCUT2D eigenvalue weighted by atomic mass is 10.1. The van der Waals surface area contributed by atoms with Gasteiger partial charge in [0, 0.05) is 5.69 Å². The van der Waals surface area contributed by atoms with Crippen LogP contribution in [0.1, 0.15) is 16.7 Å². The number of rotatable bonds is 6. The number of alkyl halides is 2. The fraction of sp³-hybridized carbons (Fsp3) is 0.200. The summed E-state index contributed by atoms with van der Waals surface area (Å²) < 4.78 is 34.4. The van der Waals surface area contributed by atoms with Crippen LogP contribution in [0.3, 0.4) is 0 Å². The van der Waals surface area contributed by atoms with E-state index in [4.69, 9.17) is 16.3 Å². The van der Waals surface area contributed by atoms with Gasteiger partial charge >= 0.3 is 6.61 Å². The lowest BCUT2D eigenvalue weighted by Gasteiger charge is -2.12. The molecule has 28 heavy (non-hydrogen) atoms. The van der Waals surface area contributed by atoms with E-state index in [2.05, 4.69) is 10.1 Å². The highest BCUT2D eigenvalue weighted by Crippen LogP contribution is 2.38. The van der Waals surface area contributed by atoms with Gasteiger partial charge in [-0.05, 0) is 49.2 Å². The summed E-state index contributed by atoms with van der Waals surface area (Å²) in [6, 6.07) is 9.94. The average Bonchev–Trinajstić information content (AvgIpc) is 2.63. The summed E-state index contributed by atoms with van der Waals surface area (Å²) in [6.07, 6.45) is 1.28. The van der Waals surface area contributed by atoms with Gasteiger partial charge in [0.05, 0.1) is 12.1 Å². The van der Waals surface area contributed by atoms with Gasteiger partial charge in [0.1, 0.15) is 11.6 Å². The van der Waals surface area contributed by atoms with Crippen molar-refractivity contribution < 1.29 is 23.0 Å². The Labute approximate surface area is 166 Å². The Morgan fingerprint density at radius 1 is 1.29 bits per heavy atom. The number of ether oxygens (including phenoxy) is 2. The Balaban J connectivity index is 2.34. The molecule has 1 amide bonds. The maximum absolute atomic E-state index is 12.5. The van der Waals surface area contributed by atoms with Crippen molar-refractivity contribution in [2.45, 2.75) is 20.5 Å². The minimum atomic E-state index is -3.08. The second kappa shape index (κ2) is 9.20. The fourth-order valence-corrected chi connectivity index (χ4v) is 2.75. The monoisotopic (exact) mass is 406 g/mol. The molecule has 2 aromatic rings. The SMILES string of the molecule is COc1cc(/C=C(\C#N)C(=O)Nc2ccc(C)cc2C)cc(Cl)c1OC(F)F. The molecule has 0 saturated carbocycles. The van der Waals surface area contributed by atoms with Gasteiger partial charge in [-0.3, -0.25) is 4.79 Å². The van der Waals surface area contributed by atoms with Crippen LogP contribution in [0.4, 0.5) is 14.5 Å². The number of hydrogen-bond acceptors (Lipinski definition) is 4. The molecule has 0 aliphatic rings. The zero-order chi connectivity index (χ0) is 20.8. The third-order valence-electron chi connectivity index (χ3n) is 3.76. The molecule has 0 aliphatic heterocycles. The predicted octanol–water partition coefficient (Wildman–Crippen LogP) is 5.11. The van der Waals surface area contributed by atoms with Crippen molar-refractivity contribution in [1.29, 1.82) is 5.26 Å². The molecule has 2 aromatic carbocycles. The van der Waals surface area contributed by atoms with Crippen molar-refractivity contribution >= 4 is 29.3 Å². The Bertz CT molecular complexity index is 969. The van der Waals surface area contributed by atoms with E-state index in [1.54, 1.807) is 6.07 Å². The number of carbonyl (C=O) groups is 1. The molecular formula is C20H17ClF2N2O3. The van der Waals surface area contributed by atoms with Crippen LogP contribution in [0.2, 0.25) is 5.02 Å². The number of aryl methyl sites for hydroxylation is 2. The number of anilines is 1. The number of carbonyl (C=O) groups excluding carboxylic acids is 1. The molecule has 1 N–H and O–H groups in total. The molecule has 0 fully saturated rings. The Morgan fingerprint density at radius 3 is 2.57 bits per heavy atom. The van der Waals surface area contributed by atoms with Crippen LogP contribution in [0.25, 0.3) is 6.08 Å². The molecular weight excluding hydrogens is 390 g/mol. The summed E-state index contributed by atoms with van der Waals surface area (Å²) in [7, 11) is 1.26. The van der Waals surface area contributed by atoms with Crippen molar-refractivity contribution in [2.75, 3.05) is 12.4 Å². The maximum Gasteiger partial charge on any atom is 0.387 e. The van der Waals surface area contributed by atoms with Gasteiger partial charge < -0.3 is 14.8 Å². The van der Waals surface area contributed by atoms with Gasteiger partial charge in [-0.15, -0.1) is 0 Å². The third kappa shape index (κ3) is 5.21. The second-order valence-corrected chi connectivity index (χ2v) is 6.26. The summed E-state index contributed by atoms with van der Waals surface area (Å²) in [5.41, 5.74) is 2.59.